The van der Waals surface area contributed by atoms with Crippen molar-refractivity contribution in [2.45, 2.75) is 25.3 Å². The van der Waals surface area contributed by atoms with E-state index in [4.69, 9.17) is 37.8 Å². The molecule has 0 spiro atoms. The first-order chi connectivity index (χ1) is 20.0. The third kappa shape index (κ3) is 6.32. The summed E-state index contributed by atoms with van der Waals surface area (Å²) in [6.45, 7) is -0.136. The molecule has 1 saturated carbocycles. The predicted molar refractivity (Wildman–Crippen MR) is 164 cm³/mol. The molecule has 206 valence electrons. The van der Waals surface area contributed by atoms with E-state index in [0.717, 1.165) is 47.4 Å². The van der Waals surface area contributed by atoms with Crippen molar-refractivity contribution < 1.29 is 14.3 Å². The number of hydrogen-bond donors (Lipinski definition) is 0. The minimum absolute atomic E-state index is 0.0850. The number of carbonyl (C=O) groups is 1. The molecular weight excluding hydrogens is 555 g/mol. The molecule has 1 aliphatic carbocycles. The Hall–Kier alpha value is -4.06. The molecule has 2 atom stereocenters. The summed E-state index contributed by atoms with van der Waals surface area (Å²) in [6, 6.07) is 32.0. The van der Waals surface area contributed by atoms with E-state index in [0.29, 0.717) is 21.5 Å². The summed E-state index contributed by atoms with van der Waals surface area (Å²) in [4.78, 5) is 13.6. The highest BCUT2D eigenvalue weighted by Crippen LogP contribution is 2.44. The fourth-order valence-electron chi connectivity index (χ4n) is 5.40. The third-order valence-electron chi connectivity index (χ3n) is 7.34. The van der Waals surface area contributed by atoms with Gasteiger partial charge in [0.2, 0.25) is 0 Å². The first-order valence-electron chi connectivity index (χ1n) is 13.6. The summed E-state index contributed by atoms with van der Waals surface area (Å²) < 4.78 is 11.8. The number of para-hydroxylation sites is 1. The lowest BCUT2D eigenvalue weighted by Gasteiger charge is -2.29. The Balaban J connectivity index is 1.22. The second-order valence-electron chi connectivity index (χ2n) is 10.1. The van der Waals surface area contributed by atoms with E-state index in [-0.39, 0.29) is 24.5 Å². The lowest BCUT2D eigenvalue weighted by atomic mass is 9.77. The number of fused-ring (bicyclic) bond motifs is 1. The lowest BCUT2D eigenvalue weighted by Crippen LogP contribution is -2.34. The monoisotopic (exact) mass is 582 g/mol. The Labute approximate surface area is 249 Å². The molecule has 0 saturated heterocycles. The number of allylic oxidation sites excluding steroid dienone is 1. The Morgan fingerprint density at radius 3 is 2.17 bits per heavy atom. The van der Waals surface area contributed by atoms with Crippen molar-refractivity contribution in [3.63, 3.8) is 0 Å². The molecule has 2 unspecified atom stereocenters. The van der Waals surface area contributed by atoms with Gasteiger partial charge in [-0.15, -0.1) is 0 Å². The molecular formula is C34H28Cl2N2O3. The van der Waals surface area contributed by atoms with E-state index in [2.05, 4.69) is 6.08 Å². The molecule has 6 rings (SSSR count). The largest absolute Gasteiger partial charge is 0.484 e. The van der Waals surface area contributed by atoms with Gasteiger partial charge in [-0.2, -0.15) is 5.10 Å². The molecule has 1 heterocycles. The van der Waals surface area contributed by atoms with Gasteiger partial charge in [-0.1, -0.05) is 65.7 Å². The van der Waals surface area contributed by atoms with E-state index < -0.39 is 0 Å². The molecule has 5 nitrogen and oxygen atoms in total. The summed E-state index contributed by atoms with van der Waals surface area (Å²) >= 11 is 12.3. The smallest absolute Gasteiger partial charge is 0.281 e. The van der Waals surface area contributed by atoms with Crippen LogP contribution in [-0.4, -0.2) is 23.2 Å². The molecule has 7 heteroatoms. The zero-order valence-corrected chi connectivity index (χ0v) is 23.8. The Bertz CT molecular complexity index is 1570. The van der Waals surface area contributed by atoms with Crippen LogP contribution in [0.3, 0.4) is 0 Å². The average Bonchev–Trinajstić information content (AvgIpc) is 3.40. The van der Waals surface area contributed by atoms with E-state index in [1.165, 1.54) is 0 Å². The fraction of sp³-hybridized carbons (Fsp3) is 0.176. The standard InChI is InChI=1S/C34H28Cl2N2O3/c35-26-13-9-23(10-14-26)21-25-5-4-8-31-33(25)37-38(34(31)24-11-15-27(36)16-12-24)32(39)22-40-28-17-19-30(20-18-28)41-29-6-2-1-3-7-29/h1-3,6-7,9-21,31,34H,4-5,8,22H2/b25-21-. The van der Waals surface area contributed by atoms with E-state index in [9.17, 15) is 4.79 Å². The number of nitrogens with zero attached hydrogens (tertiary/aromatic N) is 2. The topological polar surface area (TPSA) is 51.1 Å². The van der Waals surface area contributed by atoms with E-state index >= 15 is 0 Å². The van der Waals surface area contributed by atoms with Crippen LogP contribution in [0.15, 0.2) is 114 Å². The molecule has 0 bridgehead atoms. The fourth-order valence-corrected chi connectivity index (χ4v) is 5.65. The van der Waals surface area contributed by atoms with Crippen LogP contribution in [0.25, 0.3) is 6.08 Å². The highest BCUT2D eigenvalue weighted by atomic mass is 35.5. The molecule has 0 radical (unpaired) electrons. The Kier molecular flexibility index (Phi) is 8.08. The molecule has 1 fully saturated rings. The Morgan fingerprint density at radius 2 is 1.46 bits per heavy atom. The highest BCUT2D eigenvalue weighted by Gasteiger charge is 2.43. The first kappa shape index (κ1) is 27.1. The van der Waals surface area contributed by atoms with Gasteiger partial charge in [-0.05, 0) is 103 Å². The van der Waals surface area contributed by atoms with Crippen LogP contribution in [0.2, 0.25) is 10.0 Å². The van der Waals surface area contributed by atoms with Crippen molar-refractivity contribution in [3.05, 3.63) is 130 Å². The van der Waals surface area contributed by atoms with Gasteiger partial charge in [0.25, 0.3) is 5.91 Å². The van der Waals surface area contributed by atoms with Gasteiger partial charge in [-0.3, -0.25) is 4.79 Å². The predicted octanol–water partition coefficient (Wildman–Crippen LogP) is 8.99. The molecule has 41 heavy (non-hydrogen) atoms. The molecule has 1 amide bonds. The summed E-state index contributed by atoms with van der Waals surface area (Å²) in [7, 11) is 0. The van der Waals surface area contributed by atoms with Crippen molar-refractivity contribution in [2.24, 2.45) is 11.0 Å². The minimum Gasteiger partial charge on any atom is -0.484 e. The lowest BCUT2D eigenvalue weighted by molar-refractivity contribution is -0.135. The SMILES string of the molecule is O=C(COc1ccc(Oc2ccccc2)cc1)N1N=C2/C(=C\c3ccc(Cl)cc3)CCCC2C1c1ccc(Cl)cc1. The first-order valence-corrected chi connectivity index (χ1v) is 14.4. The zero-order valence-electron chi connectivity index (χ0n) is 22.3. The van der Waals surface area contributed by atoms with Gasteiger partial charge in [0.05, 0.1) is 11.8 Å². The van der Waals surface area contributed by atoms with E-state index in [1.807, 2.05) is 91.0 Å². The number of halogens is 2. The zero-order chi connectivity index (χ0) is 28.2. The van der Waals surface area contributed by atoms with Gasteiger partial charge >= 0.3 is 0 Å². The normalized spacial score (nSPS) is 19.0. The maximum atomic E-state index is 13.6. The van der Waals surface area contributed by atoms with Gasteiger partial charge in [0.1, 0.15) is 17.2 Å². The van der Waals surface area contributed by atoms with E-state index in [1.54, 1.807) is 17.1 Å². The number of hydrazone groups is 1. The number of amides is 1. The van der Waals surface area contributed by atoms with Crippen LogP contribution in [0.4, 0.5) is 0 Å². The summed E-state index contributed by atoms with van der Waals surface area (Å²) in [5.41, 5.74) is 4.17. The molecule has 0 aromatic heterocycles. The van der Waals surface area contributed by atoms with Gasteiger partial charge < -0.3 is 9.47 Å². The molecule has 1 aliphatic heterocycles. The van der Waals surface area contributed by atoms with Crippen LogP contribution in [0, 0.1) is 5.92 Å². The van der Waals surface area contributed by atoms with Crippen LogP contribution >= 0.6 is 23.2 Å². The summed E-state index contributed by atoms with van der Waals surface area (Å²) in [6.07, 6.45) is 5.02. The number of benzene rings is 4. The maximum Gasteiger partial charge on any atom is 0.281 e. The molecule has 4 aromatic carbocycles. The van der Waals surface area contributed by atoms with Crippen molar-refractivity contribution in [1.29, 1.82) is 0 Å². The summed E-state index contributed by atoms with van der Waals surface area (Å²) in [5, 5.41) is 7.89. The average molecular weight is 584 g/mol. The second kappa shape index (κ2) is 12.2. The number of hydrogen-bond acceptors (Lipinski definition) is 4. The second-order valence-corrected chi connectivity index (χ2v) is 11.0. The minimum atomic E-state index is -0.228. The Morgan fingerprint density at radius 1 is 0.829 bits per heavy atom. The number of rotatable bonds is 7. The molecule has 0 N–H and O–H groups in total. The van der Waals surface area contributed by atoms with Gasteiger partial charge in [0, 0.05) is 16.0 Å². The van der Waals surface area contributed by atoms with Crippen LogP contribution in [-0.2, 0) is 4.79 Å². The maximum absolute atomic E-state index is 13.6. The quantitative estimate of drug-likeness (QED) is 0.218. The van der Waals surface area contributed by atoms with Crippen molar-refractivity contribution in [1.82, 2.24) is 5.01 Å². The highest BCUT2D eigenvalue weighted by molar-refractivity contribution is 6.30. The summed E-state index contributed by atoms with van der Waals surface area (Å²) in [5.74, 6) is 1.90. The van der Waals surface area contributed by atoms with Crippen LogP contribution < -0.4 is 9.47 Å². The molecule has 4 aromatic rings. The van der Waals surface area contributed by atoms with Gasteiger partial charge in [0.15, 0.2) is 6.61 Å². The van der Waals surface area contributed by atoms with Crippen LogP contribution in [0.5, 0.6) is 17.2 Å². The number of carbonyl (C=O) groups excluding carboxylic acids is 1. The van der Waals surface area contributed by atoms with Crippen molar-refractivity contribution >= 4 is 40.9 Å². The van der Waals surface area contributed by atoms with Crippen molar-refractivity contribution in [3.8, 4) is 17.2 Å². The molecule has 2 aliphatic rings. The van der Waals surface area contributed by atoms with Crippen molar-refractivity contribution in [2.75, 3.05) is 6.61 Å². The number of ether oxygens (including phenoxy) is 2. The van der Waals surface area contributed by atoms with Gasteiger partial charge in [-0.25, -0.2) is 5.01 Å². The van der Waals surface area contributed by atoms with Crippen LogP contribution in [0.1, 0.15) is 36.4 Å². The third-order valence-corrected chi connectivity index (χ3v) is 7.85.